The normalized spacial score (nSPS) is 11.2. The predicted molar refractivity (Wildman–Crippen MR) is 76.5 cm³/mol. The second-order valence-electron chi connectivity index (χ2n) is 4.08. The topological polar surface area (TPSA) is 149 Å². The number of carboxylic acids is 4. The molecule has 8 nitrogen and oxygen atoms in total. The Kier molecular flexibility index (Phi) is 11.9. The van der Waals surface area contributed by atoms with Gasteiger partial charge in [0.25, 0.3) is 0 Å². The fourth-order valence-electron chi connectivity index (χ4n) is 1.22. The Balaban J connectivity index is 0. The zero-order valence-electron chi connectivity index (χ0n) is 12.4. The van der Waals surface area contributed by atoms with Crippen LogP contribution >= 0.6 is 0 Å². The Hall–Kier alpha value is -2.64. The van der Waals surface area contributed by atoms with E-state index >= 15 is 0 Å². The van der Waals surface area contributed by atoms with Crippen molar-refractivity contribution in [1.29, 1.82) is 0 Å². The molecule has 0 spiro atoms. The summed E-state index contributed by atoms with van der Waals surface area (Å²) in [5.41, 5.74) is -0.128. The van der Waals surface area contributed by atoms with Gasteiger partial charge in [-0.1, -0.05) is 20.3 Å². The fraction of sp³-hybridized carbons (Fsp3) is 0.429. The van der Waals surface area contributed by atoms with Crippen molar-refractivity contribution in [1.82, 2.24) is 0 Å². The molecular formula is C14H20O8. The van der Waals surface area contributed by atoms with Crippen LogP contribution in [0.2, 0.25) is 0 Å². The summed E-state index contributed by atoms with van der Waals surface area (Å²) in [6.45, 7) is 3.50. The third kappa shape index (κ3) is 12.4. The van der Waals surface area contributed by atoms with Crippen molar-refractivity contribution in [2.75, 3.05) is 0 Å². The van der Waals surface area contributed by atoms with Gasteiger partial charge in [-0.05, 0) is 19.3 Å². The molecule has 0 saturated carbocycles. The van der Waals surface area contributed by atoms with E-state index in [4.69, 9.17) is 20.4 Å². The smallest absolute Gasteiger partial charge is 0.331 e. The number of hydrogen-bond donors (Lipinski definition) is 4. The maximum Gasteiger partial charge on any atom is 0.331 e. The van der Waals surface area contributed by atoms with E-state index in [1.54, 1.807) is 6.92 Å². The highest BCUT2D eigenvalue weighted by molar-refractivity contribution is 5.95. The van der Waals surface area contributed by atoms with Crippen molar-refractivity contribution >= 4 is 23.9 Å². The number of aliphatic carboxylic acids is 4. The molecule has 0 atom stereocenters. The van der Waals surface area contributed by atoms with E-state index in [1.807, 2.05) is 6.92 Å². The monoisotopic (exact) mass is 316 g/mol. The summed E-state index contributed by atoms with van der Waals surface area (Å²) in [4.78, 5) is 40.6. The molecule has 8 heteroatoms. The SMILES string of the molecule is CC/C(=C/C(=O)O)C(=O)O.CCCC/C(=C\C(=O)O)C(=O)O. The van der Waals surface area contributed by atoms with E-state index in [0.29, 0.717) is 18.9 Å². The van der Waals surface area contributed by atoms with Gasteiger partial charge in [0.15, 0.2) is 0 Å². The van der Waals surface area contributed by atoms with E-state index in [1.165, 1.54) is 0 Å². The Morgan fingerprint density at radius 2 is 1.18 bits per heavy atom. The maximum atomic E-state index is 10.4. The number of rotatable bonds is 8. The van der Waals surface area contributed by atoms with Crippen LogP contribution in [0.5, 0.6) is 0 Å². The second kappa shape index (κ2) is 12.1. The Morgan fingerprint density at radius 3 is 1.41 bits per heavy atom. The number of unbranched alkanes of at least 4 members (excludes halogenated alkanes) is 1. The molecule has 124 valence electrons. The summed E-state index contributed by atoms with van der Waals surface area (Å²) < 4.78 is 0. The van der Waals surface area contributed by atoms with Crippen molar-refractivity contribution in [3.63, 3.8) is 0 Å². The van der Waals surface area contributed by atoms with Crippen LogP contribution in [0.1, 0.15) is 39.5 Å². The fourth-order valence-corrected chi connectivity index (χ4v) is 1.22. The number of carboxylic acid groups (broad SMARTS) is 4. The molecule has 0 fully saturated rings. The van der Waals surface area contributed by atoms with E-state index < -0.39 is 23.9 Å². The summed E-state index contributed by atoms with van der Waals surface area (Å²) in [6, 6.07) is 0. The van der Waals surface area contributed by atoms with Crippen LogP contribution in [0.15, 0.2) is 23.3 Å². The Labute approximate surface area is 127 Å². The molecule has 0 heterocycles. The van der Waals surface area contributed by atoms with Crippen molar-refractivity contribution in [2.45, 2.75) is 39.5 Å². The van der Waals surface area contributed by atoms with Gasteiger partial charge in [0, 0.05) is 23.3 Å². The van der Waals surface area contributed by atoms with E-state index in [-0.39, 0.29) is 17.6 Å². The quantitative estimate of drug-likeness (QED) is 0.495. The minimum atomic E-state index is -1.22. The predicted octanol–water partition coefficient (Wildman–Crippen LogP) is 1.76. The first-order chi connectivity index (χ1) is 10.1. The summed E-state index contributed by atoms with van der Waals surface area (Å²) in [7, 11) is 0. The van der Waals surface area contributed by atoms with E-state index in [0.717, 1.165) is 12.5 Å². The summed E-state index contributed by atoms with van der Waals surface area (Å²) in [6.07, 6.45) is 3.54. The molecule has 22 heavy (non-hydrogen) atoms. The lowest BCUT2D eigenvalue weighted by molar-refractivity contribution is -0.135. The summed E-state index contributed by atoms with van der Waals surface area (Å²) in [5.74, 6) is -4.75. The minimum Gasteiger partial charge on any atom is -0.478 e. The lowest BCUT2D eigenvalue weighted by Gasteiger charge is -1.97. The largest absolute Gasteiger partial charge is 0.478 e. The highest BCUT2D eigenvalue weighted by Crippen LogP contribution is 2.06. The van der Waals surface area contributed by atoms with Crippen LogP contribution in [0, 0.1) is 0 Å². The van der Waals surface area contributed by atoms with Crippen molar-refractivity contribution in [3.05, 3.63) is 23.3 Å². The third-order valence-electron chi connectivity index (χ3n) is 2.33. The van der Waals surface area contributed by atoms with Crippen LogP contribution in [-0.2, 0) is 19.2 Å². The molecule has 0 rings (SSSR count). The van der Waals surface area contributed by atoms with E-state index in [2.05, 4.69) is 0 Å². The van der Waals surface area contributed by atoms with Gasteiger partial charge in [-0.2, -0.15) is 0 Å². The number of carbonyl (C=O) groups is 4. The van der Waals surface area contributed by atoms with Crippen LogP contribution in [0.25, 0.3) is 0 Å². The van der Waals surface area contributed by atoms with Crippen LogP contribution in [0.3, 0.4) is 0 Å². The molecule has 0 amide bonds. The zero-order chi connectivity index (χ0) is 17.7. The molecule has 0 aliphatic rings. The standard InChI is InChI=1S/C8H12O4.C6H8O4/c1-2-3-4-6(8(11)12)5-7(9)10;1-2-4(6(9)10)3-5(7)8/h5H,2-4H2,1H3,(H,9,10)(H,11,12);3H,2H2,1H3,(H,7,8)(H,9,10)/b6-5+;4-3-. The molecule has 0 bridgehead atoms. The van der Waals surface area contributed by atoms with Crippen LogP contribution < -0.4 is 0 Å². The van der Waals surface area contributed by atoms with Crippen molar-refractivity contribution in [2.24, 2.45) is 0 Å². The van der Waals surface area contributed by atoms with Crippen molar-refractivity contribution in [3.8, 4) is 0 Å². The summed E-state index contributed by atoms with van der Waals surface area (Å²) >= 11 is 0. The highest BCUT2D eigenvalue weighted by Gasteiger charge is 2.08. The first-order valence-corrected chi connectivity index (χ1v) is 6.49. The van der Waals surface area contributed by atoms with Gasteiger partial charge < -0.3 is 20.4 Å². The van der Waals surface area contributed by atoms with Gasteiger partial charge in [0.05, 0.1) is 0 Å². The summed E-state index contributed by atoms with van der Waals surface area (Å²) in [5, 5.41) is 33.2. The third-order valence-corrected chi connectivity index (χ3v) is 2.33. The minimum absolute atomic E-state index is 0.0376. The molecule has 0 aliphatic carbocycles. The maximum absolute atomic E-state index is 10.4. The van der Waals surface area contributed by atoms with Gasteiger partial charge in [-0.25, -0.2) is 19.2 Å². The molecule has 0 aromatic rings. The van der Waals surface area contributed by atoms with Crippen molar-refractivity contribution < 1.29 is 39.6 Å². The lowest BCUT2D eigenvalue weighted by atomic mass is 10.1. The molecule has 0 saturated heterocycles. The lowest BCUT2D eigenvalue weighted by Crippen LogP contribution is -2.03. The molecule has 0 aromatic carbocycles. The Bertz CT molecular complexity index is 473. The molecule has 4 N–H and O–H groups in total. The molecule has 0 unspecified atom stereocenters. The van der Waals surface area contributed by atoms with Gasteiger partial charge in [0.2, 0.25) is 0 Å². The molecule has 0 aliphatic heterocycles. The molecule has 0 radical (unpaired) electrons. The Morgan fingerprint density at radius 1 is 0.773 bits per heavy atom. The van der Waals surface area contributed by atoms with Crippen LogP contribution in [-0.4, -0.2) is 44.3 Å². The average molecular weight is 316 g/mol. The zero-order valence-corrected chi connectivity index (χ0v) is 12.4. The molecule has 0 aromatic heterocycles. The van der Waals surface area contributed by atoms with Gasteiger partial charge in [0.1, 0.15) is 0 Å². The van der Waals surface area contributed by atoms with Gasteiger partial charge in [-0.15, -0.1) is 0 Å². The van der Waals surface area contributed by atoms with Gasteiger partial charge in [-0.3, -0.25) is 0 Å². The van der Waals surface area contributed by atoms with Crippen LogP contribution in [0.4, 0.5) is 0 Å². The van der Waals surface area contributed by atoms with Gasteiger partial charge >= 0.3 is 23.9 Å². The highest BCUT2D eigenvalue weighted by atomic mass is 16.4. The van der Waals surface area contributed by atoms with E-state index in [9.17, 15) is 19.2 Å². The average Bonchev–Trinajstić information content (AvgIpc) is 2.40. The first kappa shape index (κ1) is 21.7. The molecular weight excluding hydrogens is 296 g/mol. The second-order valence-corrected chi connectivity index (χ2v) is 4.08. The first-order valence-electron chi connectivity index (χ1n) is 6.49. The number of hydrogen-bond acceptors (Lipinski definition) is 4.